The van der Waals surface area contributed by atoms with Gasteiger partial charge in [0.25, 0.3) is 0 Å². The van der Waals surface area contributed by atoms with E-state index >= 15 is 0 Å². The summed E-state index contributed by atoms with van der Waals surface area (Å²) in [6.07, 6.45) is 4.71. The van der Waals surface area contributed by atoms with Crippen molar-refractivity contribution in [3.63, 3.8) is 0 Å². The minimum Gasteiger partial charge on any atom is -0.495 e. The highest BCUT2D eigenvalue weighted by atomic mass is 79.9. The zero-order chi connectivity index (χ0) is 15.1. The Bertz CT molecular complexity index is 572. The number of hydrogen-bond acceptors (Lipinski definition) is 4. The summed E-state index contributed by atoms with van der Waals surface area (Å²) < 4.78 is 13.7. The molecule has 0 atom stereocenters. The van der Waals surface area contributed by atoms with Gasteiger partial charge in [-0.3, -0.25) is 0 Å². The molecular weight excluding hydrogens is 334 g/mol. The standard InChI is InChI=1S/C15H20BrN3O2/c1-3-21-10-4-8-19-9-7-17-15(19)18-12-5-6-13(16)14(11-12)20-2/h5-7,9,11H,3-4,8,10H2,1-2H3,(H,17,18). The van der Waals surface area contributed by atoms with Crippen LogP contribution in [0, 0.1) is 0 Å². The maximum Gasteiger partial charge on any atom is 0.207 e. The minimum atomic E-state index is 0.758. The van der Waals surface area contributed by atoms with Gasteiger partial charge in [-0.05, 0) is 41.4 Å². The fourth-order valence-electron chi connectivity index (χ4n) is 1.96. The Hall–Kier alpha value is -1.53. The summed E-state index contributed by atoms with van der Waals surface area (Å²) in [4.78, 5) is 4.35. The summed E-state index contributed by atoms with van der Waals surface area (Å²) in [5.74, 6) is 1.60. The van der Waals surface area contributed by atoms with Crippen molar-refractivity contribution in [1.82, 2.24) is 9.55 Å². The molecule has 114 valence electrons. The lowest BCUT2D eigenvalue weighted by molar-refractivity contribution is 0.142. The van der Waals surface area contributed by atoms with Crippen molar-refractivity contribution in [2.45, 2.75) is 19.9 Å². The van der Waals surface area contributed by atoms with Crippen LogP contribution in [0.4, 0.5) is 11.6 Å². The highest BCUT2D eigenvalue weighted by Crippen LogP contribution is 2.29. The summed E-state index contributed by atoms with van der Waals surface area (Å²) in [5, 5.41) is 3.31. The predicted molar refractivity (Wildman–Crippen MR) is 87.3 cm³/mol. The Kier molecular flexibility index (Phi) is 6.07. The molecule has 0 saturated heterocycles. The lowest BCUT2D eigenvalue weighted by Crippen LogP contribution is -2.06. The van der Waals surface area contributed by atoms with Crippen molar-refractivity contribution in [3.05, 3.63) is 35.1 Å². The van der Waals surface area contributed by atoms with Crippen molar-refractivity contribution in [2.75, 3.05) is 25.6 Å². The SMILES string of the molecule is CCOCCCn1ccnc1Nc1ccc(Br)c(OC)c1. The highest BCUT2D eigenvalue weighted by molar-refractivity contribution is 9.10. The van der Waals surface area contributed by atoms with Crippen molar-refractivity contribution in [1.29, 1.82) is 0 Å². The molecule has 21 heavy (non-hydrogen) atoms. The first-order chi connectivity index (χ1) is 10.2. The minimum absolute atomic E-state index is 0.758. The zero-order valence-electron chi connectivity index (χ0n) is 12.3. The van der Waals surface area contributed by atoms with Crippen molar-refractivity contribution in [3.8, 4) is 5.75 Å². The molecule has 2 aromatic rings. The monoisotopic (exact) mass is 353 g/mol. The van der Waals surface area contributed by atoms with Gasteiger partial charge in [0.1, 0.15) is 5.75 Å². The average molecular weight is 354 g/mol. The van der Waals surface area contributed by atoms with E-state index in [0.717, 1.165) is 48.0 Å². The normalized spacial score (nSPS) is 10.6. The third-order valence-corrected chi connectivity index (χ3v) is 3.67. The second-order valence-electron chi connectivity index (χ2n) is 4.47. The average Bonchev–Trinajstić information content (AvgIpc) is 2.93. The Morgan fingerprint density at radius 3 is 3.00 bits per heavy atom. The fraction of sp³-hybridized carbons (Fsp3) is 0.400. The second kappa shape index (κ2) is 8.05. The van der Waals surface area contributed by atoms with Crippen LogP contribution in [0.5, 0.6) is 5.75 Å². The molecule has 1 aromatic heterocycles. The van der Waals surface area contributed by atoms with Gasteiger partial charge in [0.15, 0.2) is 0 Å². The van der Waals surface area contributed by atoms with Gasteiger partial charge in [-0.1, -0.05) is 0 Å². The molecule has 5 nitrogen and oxygen atoms in total. The molecule has 1 N–H and O–H groups in total. The first-order valence-corrected chi connectivity index (χ1v) is 7.73. The molecule has 0 amide bonds. The predicted octanol–water partition coefficient (Wildman–Crippen LogP) is 3.82. The fourth-order valence-corrected chi connectivity index (χ4v) is 2.37. The van der Waals surface area contributed by atoms with Crippen LogP contribution in [0.25, 0.3) is 0 Å². The molecule has 0 spiro atoms. The first-order valence-electron chi connectivity index (χ1n) is 6.94. The number of halogens is 1. The summed E-state index contributed by atoms with van der Waals surface area (Å²) in [5.41, 5.74) is 0.937. The summed E-state index contributed by atoms with van der Waals surface area (Å²) in [6, 6.07) is 5.86. The van der Waals surface area contributed by atoms with Gasteiger partial charge < -0.3 is 19.4 Å². The number of imidazole rings is 1. The number of benzene rings is 1. The number of anilines is 2. The maximum absolute atomic E-state index is 5.36. The molecule has 0 aliphatic rings. The number of nitrogens with one attached hydrogen (secondary N) is 1. The zero-order valence-corrected chi connectivity index (χ0v) is 13.9. The Labute approximate surface area is 133 Å². The van der Waals surface area contributed by atoms with Gasteiger partial charge in [0, 0.05) is 43.9 Å². The van der Waals surface area contributed by atoms with Crippen LogP contribution in [0.2, 0.25) is 0 Å². The van der Waals surface area contributed by atoms with Crippen molar-refractivity contribution in [2.24, 2.45) is 0 Å². The topological polar surface area (TPSA) is 48.3 Å². The van der Waals surface area contributed by atoms with Crippen LogP contribution in [-0.4, -0.2) is 29.9 Å². The molecule has 2 rings (SSSR count). The molecule has 1 heterocycles. The van der Waals surface area contributed by atoms with E-state index < -0.39 is 0 Å². The molecule has 1 aromatic carbocycles. The van der Waals surface area contributed by atoms with Crippen LogP contribution in [-0.2, 0) is 11.3 Å². The molecule has 0 radical (unpaired) electrons. The summed E-state index contributed by atoms with van der Waals surface area (Å²) in [7, 11) is 1.65. The Morgan fingerprint density at radius 2 is 2.24 bits per heavy atom. The number of aromatic nitrogens is 2. The van der Waals surface area contributed by atoms with E-state index in [1.54, 1.807) is 13.3 Å². The van der Waals surface area contributed by atoms with E-state index in [4.69, 9.17) is 9.47 Å². The van der Waals surface area contributed by atoms with Crippen LogP contribution in [0.15, 0.2) is 35.1 Å². The van der Waals surface area contributed by atoms with E-state index in [0.29, 0.717) is 0 Å². The third kappa shape index (κ3) is 4.47. The van der Waals surface area contributed by atoms with Gasteiger partial charge in [-0.25, -0.2) is 4.98 Å². The largest absolute Gasteiger partial charge is 0.495 e. The van der Waals surface area contributed by atoms with Gasteiger partial charge in [0.2, 0.25) is 5.95 Å². The molecule has 6 heteroatoms. The molecular formula is C15H20BrN3O2. The van der Waals surface area contributed by atoms with Crippen molar-refractivity contribution < 1.29 is 9.47 Å². The number of rotatable bonds is 8. The lowest BCUT2D eigenvalue weighted by Gasteiger charge is -2.11. The van der Waals surface area contributed by atoms with E-state index in [9.17, 15) is 0 Å². The Balaban J connectivity index is 2.01. The smallest absolute Gasteiger partial charge is 0.207 e. The van der Waals surface area contributed by atoms with E-state index in [-0.39, 0.29) is 0 Å². The number of methoxy groups -OCH3 is 1. The Morgan fingerprint density at radius 1 is 1.38 bits per heavy atom. The highest BCUT2D eigenvalue weighted by Gasteiger charge is 2.06. The molecule has 0 aliphatic carbocycles. The summed E-state index contributed by atoms with van der Waals surface area (Å²) >= 11 is 3.44. The van der Waals surface area contributed by atoms with Crippen LogP contribution in [0.3, 0.4) is 0 Å². The van der Waals surface area contributed by atoms with Gasteiger partial charge in [0.05, 0.1) is 11.6 Å². The van der Waals surface area contributed by atoms with E-state index in [1.165, 1.54) is 0 Å². The number of ether oxygens (including phenoxy) is 2. The number of nitrogens with zero attached hydrogens (tertiary/aromatic N) is 2. The van der Waals surface area contributed by atoms with Crippen LogP contribution >= 0.6 is 15.9 Å². The molecule has 0 saturated carbocycles. The van der Waals surface area contributed by atoms with Crippen molar-refractivity contribution >= 4 is 27.6 Å². The molecule has 0 unspecified atom stereocenters. The van der Waals surface area contributed by atoms with Gasteiger partial charge >= 0.3 is 0 Å². The second-order valence-corrected chi connectivity index (χ2v) is 5.32. The first kappa shape index (κ1) is 15.9. The number of aryl methyl sites for hydroxylation is 1. The van der Waals surface area contributed by atoms with E-state index in [1.807, 2.05) is 31.3 Å². The summed E-state index contributed by atoms with van der Waals surface area (Å²) in [6.45, 7) is 4.40. The van der Waals surface area contributed by atoms with Gasteiger partial charge in [-0.15, -0.1) is 0 Å². The molecule has 0 bridgehead atoms. The maximum atomic E-state index is 5.36. The van der Waals surface area contributed by atoms with Crippen LogP contribution < -0.4 is 10.1 Å². The number of hydrogen-bond donors (Lipinski definition) is 1. The van der Waals surface area contributed by atoms with Gasteiger partial charge in [-0.2, -0.15) is 0 Å². The lowest BCUT2D eigenvalue weighted by atomic mass is 10.3. The van der Waals surface area contributed by atoms with Crippen LogP contribution in [0.1, 0.15) is 13.3 Å². The molecule has 0 aliphatic heterocycles. The molecule has 0 fully saturated rings. The third-order valence-electron chi connectivity index (χ3n) is 3.01. The quantitative estimate of drug-likeness (QED) is 0.732. The van der Waals surface area contributed by atoms with E-state index in [2.05, 4.69) is 30.8 Å².